The van der Waals surface area contributed by atoms with Crippen molar-refractivity contribution in [2.75, 3.05) is 0 Å². The molecule has 5 nitrogen and oxygen atoms in total. The van der Waals surface area contributed by atoms with Gasteiger partial charge < -0.3 is 5.11 Å². The molecule has 2 aromatic rings. The van der Waals surface area contributed by atoms with Gasteiger partial charge in [0, 0.05) is 19.4 Å². The molecule has 1 unspecified atom stereocenters. The smallest absolute Gasteiger partial charge is 0.314 e. The SMILES string of the molecule is CC(C)c1nc(CC(C)(C(=O)O)c2ccccc2)n(C)n1. The number of rotatable bonds is 5. The number of carboxylic acids is 1. The van der Waals surface area contributed by atoms with Gasteiger partial charge in [0.1, 0.15) is 5.82 Å². The Morgan fingerprint density at radius 1 is 1.33 bits per heavy atom. The fourth-order valence-electron chi connectivity index (χ4n) is 2.26. The van der Waals surface area contributed by atoms with Crippen LogP contribution in [0.1, 0.15) is 43.9 Å². The summed E-state index contributed by atoms with van der Waals surface area (Å²) in [6, 6.07) is 9.27. The van der Waals surface area contributed by atoms with Crippen LogP contribution in [0.4, 0.5) is 0 Å². The minimum Gasteiger partial charge on any atom is -0.481 e. The van der Waals surface area contributed by atoms with Crippen LogP contribution in [-0.2, 0) is 23.7 Å². The number of carbonyl (C=O) groups is 1. The van der Waals surface area contributed by atoms with Crippen LogP contribution < -0.4 is 0 Å². The minimum absolute atomic E-state index is 0.220. The zero-order chi connectivity index (χ0) is 15.6. The maximum absolute atomic E-state index is 11.8. The van der Waals surface area contributed by atoms with Gasteiger partial charge in [-0.15, -0.1) is 0 Å². The highest BCUT2D eigenvalue weighted by molar-refractivity contribution is 5.81. The fraction of sp³-hybridized carbons (Fsp3) is 0.438. The topological polar surface area (TPSA) is 68.0 Å². The Morgan fingerprint density at radius 3 is 2.43 bits per heavy atom. The molecule has 0 saturated heterocycles. The van der Waals surface area contributed by atoms with Crippen molar-refractivity contribution in [3.8, 4) is 0 Å². The molecule has 0 bridgehead atoms. The Kier molecular flexibility index (Phi) is 4.11. The van der Waals surface area contributed by atoms with Crippen LogP contribution in [0.5, 0.6) is 0 Å². The molecular formula is C16H21N3O2. The molecular weight excluding hydrogens is 266 g/mol. The summed E-state index contributed by atoms with van der Waals surface area (Å²) in [6.07, 6.45) is 0.308. The molecule has 1 aromatic carbocycles. The van der Waals surface area contributed by atoms with Gasteiger partial charge in [-0.25, -0.2) is 4.98 Å². The van der Waals surface area contributed by atoms with Crippen molar-refractivity contribution in [2.45, 2.75) is 38.5 Å². The average Bonchev–Trinajstić information content (AvgIpc) is 2.81. The number of hydrogen-bond donors (Lipinski definition) is 1. The predicted octanol–water partition coefficient (Wildman–Crippen LogP) is 2.52. The molecule has 0 radical (unpaired) electrons. The van der Waals surface area contributed by atoms with E-state index in [9.17, 15) is 9.90 Å². The highest BCUT2D eigenvalue weighted by Crippen LogP contribution is 2.28. The van der Waals surface area contributed by atoms with Gasteiger partial charge in [0.05, 0.1) is 5.41 Å². The van der Waals surface area contributed by atoms with Crippen LogP contribution in [0.15, 0.2) is 30.3 Å². The van der Waals surface area contributed by atoms with Crippen LogP contribution in [0.25, 0.3) is 0 Å². The molecule has 0 aliphatic rings. The molecule has 2 rings (SSSR count). The molecule has 0 aliphatic heterocycles. The molecule has 1 aromatic heterocycles. The van der Waals surface area contributed by atoms with Gasteiger partial charge >= 0.3 is 5.97 Å². The average molecular weight is 287 g/mol. The lowest BCUT2D eigenvalue weighted by Gasteiger charge is -2.24. The largest absolute Gasteiger partial charge is 0.481 e. The maximum atomic E-state index is 11.8. The van der Waals surface area contributed by atoms with E-state index in [0.29, 0.717) is 12.2 Å². The van der Waals surface area contributed by atoms with Crippen molar-refractivity contribution in [3.63, 3.8) is 0 Å². The van der Waals surface area contributed by atoms with Crippen molar-refractivity contribution in [1.82, 2.24) is 14.8 Å². The van der Waals surface area contributed by atoms with Crippen molar-refractivity contribution >= 4 is 5.97 Å². The highest BCUT2D eigenvalue weighted by atomic mass is 16.4. The lowest BCUT2D eigenvalue weighted by Crippen LogP contribution is -2.35. The first kappa shape index (κ1) is 15.2. The molecule has 5 heteroatoms. The molecule has 0 spiro atoms. The van der Waals surface area contributed by atoms with Crippen molar-refractivity contribution < 1.29 is 9.90 Å². The monoisotopic (exact) mass is 287 g/mol. The van der Waals surface area contributed by atoms with Gasteiger partial charge in [-0.1, -0.05) is 44.2 Å². The van der Waals surface area contributed by atoms with Crippen LogP contribution in [0.2, 0.25) is 0 Å². The van der Waals surface area contributed by atoms with E-state index in [4.69, 9.17) is 0 Å². The standard InChI is InChI=1S/C16H21N3O2/c1-11(2)14-17-13(19(4)18-14)10-16(3,15(20)21)12-8-6-5-7-9-12/h5-9,11H,10H2,1-4H3,(H,20,21). The van der Waals surface area contributed by atoms with E-state index in [1.54, 1.807) is 11.6 Å². The maximum Gasteiger partial charge on any atom is 0.314 e. The summed E-state index contributed by atoms with van der Waals surface area (Å²) in [7, 11) is 1.81. The van der Waals surface area contributed by atoms with Crippen molar-refractivity contribution in [3.05, 3.63) is 47.5 Å². The number of nitrogens with zero attached hydrogens (tertiary/aromatic N) is 3. The molecule has 0 aliphatic carbocycles. The van der Waals surface area contributed by atoms with Gasteiger partial charge in [-0.3, -0.25) is 9.48 Å². The summed E-state index contributed by atoms with van der Waals surface area (Å²) in [5, 5.41) is 14.1. The second-order valence-electron chi connectivity index (χ2n) is 5.84. The normalized spacial score (nSPS) is 14.1. The first-order valence-corrected chi connectivity index (χ1v) is 7.03. The van der Waals surface area contributed by atoms with E-state index >= 15 is 0 Å². The van der Waals surface area contributed by atoms with Gasteiger partial charge in [0.2, 0.25) is 0 Å². The third kappa shape index (κ3) is 2.96. The highest BCUT2D eigenvalue weighted by Gasteiger charge is 2.37. The quantitative estimate of drug-likeness (QED) is 0.917. The Morgan fingerprint density at radius 2 is 1.95 bits per heavy atom. The van der Waals surface area contributed by atoms with Gasteiger partial charge in [-0.05, 0) is 12.5 Å². The zero-order valence-electron chi connectivity index (χ0n) is 12.9. The summed E-state index contributed by atoms with van der Waals surface area (Å²) in [5.74, 6) is 0.793. The zero-order valence-corrected chi connectivity index (χ0v) is 12.9. The Labute approximate surface area is 124 Å². The van der Waals surface area contributed by atoms with Gasteiger partial charge in [0.15, 0.2) is 5.82 Å². The van der Waals surface area contributed by atoms with E-state index < -0.39 is 11.4 Å². The van der Waals surface area contributed by atoms with Crippen LogP contribution in [0, 0.1) is 0 Å². The summed E-state index contributed by atoms with van der Waals surface area (Å²) >= 11 is 0. The number of aliphatic carboxylic acids is 1. The van der Waals surface area contributed by atoms with E-state index in [2.05, 4.69) is 10.1 Å². The van der Waals surface area contributed by atoms with Gasteiger partial charge in [0.25, 0.3) is 0 Å². The fourth-order valence-corrected chi connectivity index (χ4v) is 2.26. The first-order valence-electron chi connectivity index (χ1n) is 7.03. The first-order chi connectivity index (χ1) is 9.84. The molecule has 1 heterocycles. The molecule has 0 amide bonds. The minimum atomic E-state index is -1.02. The number of aromatic nitrogens is 3. The second-order valence-corrected chi connectivity index (χ2v) is 5.84. The van der Waals surface area contributed by atoms with E-state index in [0.717, 1.165) is 11.4 Å². The van der Waals surface area contributed by atoms with Crippen LogP contribution in [-0.4, -0.2) is 25.8 Å². The van der Waals surface area contributed by atoms with Crippen molar-refractivity contribution in [1.29, 1.82) is 0 Å². The summed E-state index contributed by atoms with van der Waals surface area (Å²) in [6.45, 7) is 5.77. The van der Waals surface area contributed by atoms with Gasteiger partial charge in [-0.2, -0.15) is 5.10 Å². The van der Waals surface area contributed by atoms with Crippen molar-refractivity contribution in [2.24, 2.45) is 7.05 Å². The number of benzene rings is 1. The number of aryl methyl sites for hydroxylation is 1. The molecule has 0 fully saturated rings. The van der Waals surface area contributed by atoms with E-state index in [-0.39, 0.29) is 5.92 Å². The Balaban J connectivity index is 2.40. The van der Waals surface area contributed by atoms with Crippen LogP contribution >= 0.6 is 0 Å². The summed E-state index contributed by atoms with van der Waals surface area (Å²) < 4.78 is 1.68. The Bertz CT molecular complexity index is 634. The third-order valence-corrected chi connectivity index (χ3v) is 3.78. The summed E-state index contributed by atoms with van der Waals surface area (Å²) in [5.41, 5.74) is -0.248. The second kappa shape index (κ2) is 5.68. The van der Waals surface area contributed by atoms with E-state index in [1.165, 1.54) is 0 Å². The molecule has 112 valence electrons. The molecule has 0 saturated carbocycles. The number of carboxylic acid groups (broad SMARTS) is 1. The predicted molar refractivity (Wildman–Crippen MR) is 80.2 cm³/mol. The van der Waals surface area contributed by atoms with E-state index in [1.807, 2.05) is 51.2 Å². The lowest BCUT2D eigenvalue weighted by molar-refractivity contribution is -0.143. The van der Waals surface area contributed by atoms with Crippen LogP contribution in [0.3, 0.4) is 0 Å². The molecule has 1 atom stereocenters. The molecule has 21 heavy (non-hydrogen) atoms. The lowest BCUT2D eigenvalue weighted by atomic mass is 9.79. The Hall–Kier alpha value is -2.17. The number of hydrogen-bond acceptors (Lipinski definition) is 3. The summed E-state index contributed by atoms with van der Waals surface area (Å²) in [4.78, 5) is 16.3. The third-order valence-electron chi connectivity index (χ3n) is 3.78. The molecule has 1 N–H and O–H groups in total.